The standard InChI is InChI=1S/C13H15N3O5/c1-20-12(18)8-14-13(19)9-3-5-10(6-4-9)16-11(17)7-15-21-2/h3-7H,8H2,1-2H3,(H,14,19)(H,16,17)/b15-7+. The number of nitrogens with zero attached hydrogens (tertiary/aromatic N) is 1. The van der Waals surface area contributed by atoms with Crippen molar-refractivity contribution in [2.45, 2.75) is 0 Å². The number of anilines is 1. The zero-order valence-electron chi connectivity index (χ0n) is 11.6. The first-order chi connectivity index (χ1) is 10.1. The number of hydrogen-bond acceptors (Lipinski definition) is 6. The van der Waals surface area contributed by atoms with Crippen LogP contribution in [0.2, 0.25) is 0 Å². The normalized spacial score (nSPS) is 10.0. The van der Waals surface area contributed by atoms with Crippen molar-refractivity contribution in [1.82, 2.24) is 5.32 Å². The number of benzene rings is 1. The van der Waals surface area contributed by atoms with E-state index in [4.69, 9.17) is 0 Å². The maximum Gasteiger partial charge on any atom is 0.325 e. The average molecular weight is 293 g/mol. The molecule has 112 valence electrons. The van der Waals surface area contributed by atoms with Gasteiger partial charge in [0.2, 0.25) is 0 Å². The molecular weight excluding hydrogens is 278 g/mol. The van der Waals surface area contributed by atoms with Crippen LogP contribution >= 0.6 is 0 Å². The topological polar surface area (TPSA) is 106 Å². The van der Waals surface area contributed by atoms with E-state index in [9.17, 15) is 14.4 Å². The second-order valence-corrected chi connectivity index (χ2v) is 3.74. The summed E-state index contributed by atoms with van der Waals surface area (Å²) in [5, 5.41) is 8.25. The smallest absolute Gasteiger partial charge is 0.325 e. The lowest BCUT2D eigenvalue weighted by molar-refractivity contribution is -0.139. The van der Waals surface area contributed by atoms with E-state index in [1.54, 1.807) is 12.1 Å². The van der Waals surface area contributed by atoms with Crippen LogP contribution in [0.5, 0.6) is 0 Å². The third-order valence-corrected chi connectivity index (χ3v) is 2.31. The Hall–Kier alpha value is -2.90. The van der Waals surface area contributed by atoms with Crippen LogP contribution in [-0.4, -0.2) is 44.8 Å². The number of carbonyl (C=O) groups is 3. The molecule has 0 aromatic heterocycles. The third kappa shape index (κ3) is 5.72. The number of methoxy groups -OCH3 is 1. The minimum atomic E-state index is -0.537. The number of rotatable bonds is 6. The van der Waals surface area contributed by atoms with Gasteiger partial charge in [0.25, 0.3) is 11.8 Å². The van der Waals surface area contributed by atoms with Gasteiger partial charge >= 0.3 is 5.97 Å². The first-order valence-electron chi connectivity index (χ1n) is 5.89. The van der Waals surface area contributed by atoms with Crippen LogP contribution in [0, 0.1) is 0 Å². The molecule has 0 unspecified atom stereocenters. The quantitative estimate of drug-likeness (QED) is 0.441. The number of carbonyl (C=O) groups excluding carboxylic acids is 3. The number of hydrogen-bond donors (Lipinski definition) is 2. The molecule has 21 heavy (non-hydrogen) atoms. The third-order valence-electron chi connectivity index (χ3n) is 2.31. The molecule has 1 aromatic rings. The van der Waals surface area contributed by atoms with Crippen LogP contribution in [0.15, 0.2) is 29.4 Å². The van der Waals surface area contributed by atoms with Crippen LogP contribution in [-0.2, 0) is 19.2 Å². The van der Waals surface area contributed by atoms with Crippen LogP contribution in [0.3, 0.4) is 0 Å². The van der Waals surface area contributed by atoms with E-state index in [1.165, 1.54) is 26.4 Å². The maximum absolute atomic E-state index is 11.7. The second-order valence-electron chi connectivity index (χ2n) is 3.74. The van der Waals surface area contributed by atoms with Gasteiger partial charge in [0.05, 0.1) is 7.11 Å². The van der Waals surface area contributed by atoms with Crippen LogP contribution < -0.4 is 10.6 Å². The van der Waals surface area contributed by atoms with Crippen molar-refractivity contribution in [3.8, 4) is 0 Å². The Balaban J connectivity index is 2.57. The summed E-state index contributed by atoms with van der Waals surface area (Å²) in [5.74, 6) is -1.41. The highest BCUT2D eigenvalue weighted by atomic mass is 16.6. The number of oxime groups is 1. The second kappa shape index (κ2) is 8.31. The minimum absolute atomic E-state index is 0.207. The van der Waals surface area contributed by atoms with Gasteiger partial charge in [0, 0.05) is 11.3 Å². The lowest BCUT2D eigenvalue weighted by Crippen LogP contribution is -2.30. The Morgan fingerprint density at radius 3 is 2.43 bits per heavy atom. The number of nitrogens with one attached hydrogen (secondary N) is 2. The summed E-state index contributed by atoms with van der Waals surface area (Å²) >= 11 is 0. The molecule has 0 fully saturated rings. The van der Waals surface area contributed by atoms with Gasteiger partial charge in [0.15, 0.2) is 0 Å². The number of ether oxygens (including phenoxy) is 1. The Morgan fingerprint density at radius 2 is 1.86 bits per heavy atom. The molecule has 0 bridgehead atoms. The molecule has 0 saturated carbocycles. The molecule has 8 heteroatoms. The summed E-state index contributed by atoms with van der Waals surface area (Å²) in [6.45, 7) is -0.207. The highest BCUT2D eigenvalue weighted by Gasteiger charge is 2.08. The van der Waals surface area contributed by atoms with Gasteiger partial charge in [-0.15, -0.1) is 0 Å². The lowest BCUT2D eigenvalue weighted by Gasteiger charge is -2.05. The fraction of sp³-hybridized carbons (Fsp3) is 0.231. The predicted molar refractivity (Wildman–Crippen MR) is 74.9 cm³/mol. The number of amides is 2. The summed E-state index contributed by atoms with van der Waals surface area (Å²) < 4.78 is 4.41. The molecule has 0 heterocycles. The molecule has 0 aliphatic carbocycles. The Bertz CT molecular complexity index is 539. The summed E-state index contributed by atoms with van der Waals surface area (Å²) in [4.78, 5) is 38.3. The molecule has 1 aromatic carbocycles. The monoisotopic (exact) mass is 293 g/mol. The van der Waals surface area contributed by atoms with Crippen molar-refractivity contribution in [1.29, 1.82) is 0 Å². The zero-order valence-corrected chi connectivity index (χ0v) is 11.6. The van der Waals surface area contributed by atoms with E-state index in [2.05, 4.69) is 25.4 Å². The molecule has 1 rings (SSSR count). The van der Waals surface area contributed by atoms with E-state index >= 15 is 0 Å². The first-order valence-corrected chi connectivity index (χ1v) is 5.89. The van der Waals surface area contributed by atoms with Gasteiger partial charge in [-0.1, -0.05) is 5.16 Å². The molecule has 0 atom stereocenters. The van der Waals surface area contributed by atoms with Crippen LogP contribution in [0.4, 0.5) is 5.69 Å². The summed E-state index contributed by atoms with van der Waals surface area (Å²) in [7, 11) is 2.56. The summed E-state index contributed by atoms with van der Waals surface area (Å²) in [6, 6.07) is 6.11. The molecule has 0 aliphatic heterocycles. The molecule has 0 saturated heterocycles. The van der Waals surface area contributed by atoms with E-state index in [1.807, 2.05) is 0 Å². The van der Waals surface area contributed by atoms with E-state index in [-0.39, 0.29) is 6.54 Å². The largest absolute Gasteiger partial charge is 0.468 e. The Morgan fingerprint density at radius 1 is 1.19 bits per heavy atom. The molecular formula is C13H15N3O5. The first kappa shape index (κ1) is 16.2. The summed E-state index contributed by atoms with van der Waals surface area (Å²) in [5.41, 5.74) is 0.842. The van der Waals surface area contributed by atoms with Crippen molar-refractivity contribution in [3.63, 3.8) is 0 Å². The summed E-state index contributed by atoms with van der Waals surface area (Å²) in [6.07, 6.45) is 0.983. The van der Waals surface area contributed by atoms with Crippen molar-refractivity contribution < 1.29 is 24.0 Å². The Kier molecular flexibility index (Phi) is 6.39. The molecule has 2 N–H and O–H groups in total. The Labute approximate surface area is 121 Å². The lowest BCUT2D eigenvalue weighted by atomic mass is 10.2. The van der Waals surface area contributed by atoms with Crippen molar-refractivity contribution in [2.75, 3.05) is 26.1 Å². The zero-order chi connectivity index (χ0) is 15.7. The predicted octanol–water partition coefficient (Wildman–Crippen LogP) is 0.160. The average Bonchev–Trinajstić information content (AvgIpc) is 2.50. The molecule has 0 spiro atoms. The molecule has 2 amide bonds. The van der Waals surface area contributed by atoms with Gasteiger partial charge in [0.1, 0.15) is 19.9 Å². The molecule has 0 radical (unpaired) electrons. The van der Waals surface area contributed by atoms with Gasteiger partial charge in [-0.25, -0.2) is 0 Å². The SMILES string of the molecule is CO/N=C/C(=O)Nc1ccc(C(=O)NCC(=O)OC)cc1. The van der Waals surface area contributed by atoms with Crippen molar-refractivity contribution in [2.24, 2.45) is 5.16 Å². The minimum Gasteiger partial charge on any atom is -0.468 e. The van der Waals surface area contributed by atoms with E-state index in [0.717, 1.165) is 6.21 Å². The van der Waals surface area contributed by atoms with E-state index < -0.39 is 17.8 Å². The highest BCUT2D eigenvalue weighted by Crippen LogP contribution is 2.09. The fourth-order valence-electron chi connectivity index (χ4n) is 1.31. The number of esters is 1. The molecule has 8 nitrogen and oxygen atoms in total. The van der Waals surface area contributed by atoms with Crippen LogP contribution in [0.25, 0.3) is 0 Å². The maximum atomic E-state index is 11.7. The van der Waals surface area contributed by atoms with Crippen molar-refractivity contribution in [3.05, 3.63) is 29.8 Å². The van der Waals surface area contributed by atoms with Gasteiger partial charge in [-0.05, 0) is 24.3 Å². The van der Waals surface area contributed by atoms with Gasteiger partial charge in [-0.2, -0.15) is 0 Å². The van der Waals surface area contributed by atoms with E-state index in [0.29, 0.717) is 11.3 Å². The molecule has 0 aliphatic rings. The highest BCUT2D eigenvalue weighted by molar-refractivity contribution is 6.31. The van der Waals surface area contributed by atoms with Gasteiger partial charge in [-0.3, -0.25) is 14.4 Å². The fourth-order valence-corrected chi connectivity index (χ4v) is 1.31. The van der Waals surface area contributed by atoms with Gasteiger partial charge < -0.3 is 20.2 Å². The van der Waals surface area contributed by atoms with Crippen LogP contribution in [0.1, 0.15) is 10.4 Å². The van der Waals surface area contributed by atoms with Crippen molar-refractivity contribution >= 4 is 29.7 Å².